The zero-order chi connectivity index (χ0) is 22.0. The first kappa shape index (κ1) is 19.9. The van der Waals surface area contributed by atoms with Crippen molar-refractivity contribution in [3.05, 3.63) is 110 Å². The number of fused-ring (bicyclic) bond motifs is 1. The van der Waals surface area contributed by atoms with Gasteiger partial charge in [0.25, 0.3) is 5.69 Å². The van der Waals surface area contributed by atoms with Gasteiger partial charge in [-0.3, -0.25) is 19.9 Å². The normalized spacial score (nSPS) is 11.1. The minimum atomic E-state index is -0.497. The van der Waals surface area contributed by atoms with Crippen molar-refractivity contribution in [3.63, 3.8) is 0 Å². The Morgan fingerprint density at radius 1 is 1.06 bits per heavy atom. The number of carbonyl (C=O) groups excluding carboxylic acids is 1. The van der Waals surface area contributed by atoms with Crippen molar-refractivity contribution in [2.45, 2.75) is 6.92 Å². The molecule has 0 N–H and O–H groups in total. The van der Waals surface area contributed by atoms with Crippen LogP contribution in [0, 0.1) is 17.0 Å². The third-order valence-electron chi connectivity index (χ3n) is 4.80. The summed E-state index contributed by atoms with van der Waals surface area (Å²) in [5.74, 6) is -0.263. The predicted molar refractivity (Wildman–Crippen MR) is 117 cm³/mol. The first-order valence-electron chi connectivity index (χ1n) is 9.40. The summed E-state index contributed by atoms with van der Waals surface area (Å²) < 4.78 is 5.36. The number of pyridine rings is 1. The van der Waals surface area contributed by atoms with Crippen LogP contribution >= 0.6 is 0 Å². The number of non-ortho nitro benzene ring substituents is 1. The van der Waals surface area contributed by atoms with Crippen LogP contribution in [0.3, 0.4) is 0 Å². The van der Waals surface area contributed by atoms with Crippen LogP contribution in [0.4, 0.5) is 5.69 Å². The highest BCUT2D eigenvalue weighted by molar-refractivity contribution is 6.07. The monoisotopic (exact) mass is 412 g/mol. The fraction of sp³-hybridized carbons (Fsp3) is 0.0417. The van der Waals surface area contributed by atoms with Crippen LogP contribution in [0.5, 0.6) is 0 Å². The molecule has 0 aliphatic heterocycles. The molecule has 4 aromatic rings. The highest BCUT2D eigenvalue weighted by atomic mass is 16.6. The minimum absolute atomic E-state index is 0.0164. The Kier molecular flexibility index (Phi) is 5.24. The molecule has 7 nitrogen and oxygen atoms in total. The van der Waals surface area contributed by atoms with Gasteiger partial charge in [-0.05, 0) is 55.0 Å². The van der Waals surface area contributed by atoms with E-state index in [0.29, 0.717) is 33.7 Å². The highest BCUT2D eigenvalue weighted by Gasteiger charge is 2.13. The van der Waals surface area contributed by atoms with E-state index in [2.05, 4.69) is 4.98 Å². The molecule has 152 valence electrons. The number of carbonyl (C=O) groups is 1. The van der Waals surface area contributed by atoms with E-state index < -0.39 is 10.5 Å². The summed E-state index contributed by atoms with van der Waals surface area (Å²) in [7, 11) is 0. The molecule has 0 aliphatic rings. The number of ketones is 1. The van der Waals surface area contributed by atoms with Crippen LogP contribution in [0.25, 0.3) is 28.3 Å². The van der Waals surface area contributed by atoms with Crippen LogP contribution in [0.1, 0.15) is 21.6 Å². The molecule has 0 aliphatic carbocycles. The summed E-state index contributed by atoms with van der Waals surface area (Å²) in [6.07, 6.45) is 2.96. The molecule has 0 fully saturated rings. The summed E-state index contributed by atoms with van der Waals surface area (Å²) in [6.45, 7) is 1.69. The molecule has 0 spiro atoms. The van der Waals surface area contributed by atoms with E-state index in [0.717, 1.165) is 5.39 Å². The van der Waals surface area contributed by atoms with E-state index in [1.54, 1.807) is 55.5 Å². The topological polar surface area (TPSA) is 103 Å². The molecule has 2 heterocycles. The zero-order valence-electron chi connectivity index (χ0n) is 16.4. The number of nitro benzene ring substituents is 1. The maximum Gasteiger partial charge on any atom is 0.345 e. The maximum atomic E-state index is 12.6. The number of hydrogen-bond acceptors (Lipinski definition) is 6. The molecule has 2 aromatic heterocycles. The number of aryl methyl sites for hydroxylation is 1. The molecule has 0 radical (unpaired) electrons. The second kappa shape index (κ2) is 8.16. The Bertz CT molecular complexity index is 1400. The van der Waals surface area contributed by atoms with E-state index in [9.17, 15) is 19.7 Å². The van der Waals surface area contributed by atoms with Crippen molar-refractivity contribution in [3.8, 4) is 11.3 Å². The number of nitro groups is 1. The lowest BCUT2D eigenvalue weighted by Gasteiger charge is -2.06. The third-order valence-corrected chi connectivity index (χ3v) is 4.80. The summed E-state index contributed by atoms with van der Waals surface area (Å²) >= 11 is 0. The van der Waals surface area contributed by atoms with Gasteiger partial charge in [-0.1, -0.05) is 24.3 Å². The molecule has 0 atom stereocenters. The molecule has 0 saturated heterocycles. The van der Waals surface area contributed by atoms with Crippen LogP contribution in [-0.4, -0.2) is 15.7 Å². The van der Waals surface area contributed by atoms with E-state index in [4.69, 9.17) is 4.42 Å². The van der Waals surface area contributed by atoms with E-state index in [1.165, 1.54) is 18.2 Å². The average molecular weight is 412 g/mol. The van der Waals surface area contributed by atoms with Crippen LogP contribution in [0.15, 0.2) is 82.0 Å². The Hall–Kier alpha value is -4.39. The Balaban J connectivity index is 1.60. The highest BCUT2D eigenvalue weighted by Crippen LogP contribution is 2.21. The first-order valence-corrected chi connectivity index (χ1v) is 9.40. The standard InChI is InChI=1S/C24H16N2O5/c1-15-19(22(27)13-8-16-6-9-18(10-7-16)26(29)30)11-12-21(25-15)20-14-17-4-2-3-5-23(17)31-24(20)28/h2-14H,1H3/b13-8+. The Morgan fingerprint density at radius 2 is 1.81 bits per heavy atom. The van der Waals surface area contributed by atoms with Crippen molar-refractivity contribution < 1.29 is 14.1 Å². The van der Waals surface area contributed by atoms with Crippen molar-refractivity contribution >= 4 is 28.5 Å². The number of aromatic nitrogens is 1. The lowest BCUT2D eigenvalue weighted by molar-refractivity contribution is -0.384. The van der Waals surface area contributed by atoms with Crippen molar-refractivity contribution in [2.24, 2.45) is 0 Å². The van der Waals surface area contributed by atoms with Gasteiger partial charge in [0.1, 0.15) is 5.58 Å². The van der Waals surface area contributed by atoms with Gasteiger partial charge in [0, 0.05) is 28.8 Å². The molecule has 0 amide bonds. The molecule has 7 heteroatoms. The number of allylic oxidation sites excluding steroid dienone is 1. The average Bonchev–Trinajstić information content (AvgIpc) is 2.77. The molecular weight excluding hydrogens is 396 g/mol. The maximum absolute atomic E-state index is 12.6. The predicted octanol–water partition coefficient (Wildman–Crippen LogP) is 4.97. The van der Waals surface area contributed by atoms with Gasteiger partial charge in [0.15, 0.2) is 5.78 Å². The van der Waals surface area contributed by atoms with E-state index in [1.807, 2.05) is 12.1 Å². The Morgan fingerprint density at radius 3 is 2.52 bits per heavy atom. The zero-order valence-corrected chi connectivity index (χ0v) is 16.4. The van der Waals surface area contributed by atoms with Gasteiger partial charge in [-0.25, -0.2) is 4.79 Å². The minimum Gasteiger partial charge on any atom is -0.422 e. The summed E-state index contributed by atoms with van der Waals surface area (Å²) in [5.41, 5.74) is 2.26. The van der Waals surface area contributed by atoms with E-state index in [-0.39, 0.29) is 11.5 Å². The van der Waals surface area contributed by atoms with Gasteiger partial charge >= 0.3 is 5.63 Å². The molecule has 0 saturated carbocycles. The van der Waals surface area contributed by atoms with Gasteiger partial charge in [-0.15, -0.1) is 0 Å². The second-order valence-corrected chi connectivity index (χ2v) is 6.86. The third kappa shape index (κ3) is 4.16. The lowest BCUT2D eigenvalue weighted by Crippen LogP contribution is -2.06. The summed E-state index contributed by atoms with van der Waals surface area (Å²) in [5, 5.41) is 11.5. The first-order chi connectivity index (χ1) is 14.9. The number of benzene rings is 2. The van der Waals surface area contributed by atoms with Crippen LogP contribution < -0.4 is 5.63 Å². The van der Waals surface area contributed by atoms with Crippen LogP contribution in [0.2, 0.25) is 0 Å². The summed E-state index contributed by atoms with van der Waals surface area (Å²) in [6, 6.07) is 18.0. The van der Waals surface area contributed by atoms with Gasteiger partial charge in [0.05, 0.1) is 16.2 Å². The lowest BCUT2D eigenvalue weighted by atomic mass is 10.0. The van der Waals surface area contributed by atoms with Crippen LogP contribution in [-0.2, 0) is 0 Å². The second-order valence-electron chi connectivity index (χ2n) is 6.86. The van der Waals surface area contributed by atoms with Crippen molar-refractivity contribution in [2.75, 3.05) is 0 Å². The number of rotatable bonds is 5. The fourth-order valence-electron chi connectivity index (χ4n) is 3.18. The molecule has 31 heavy (non-hydrogen) atoms. The largest absolute Gasteiger partial charge is 0.422 e. The fourth-order valence-corrected chi connectivity index (χ4v) is 3.18. The van der Waals surface area contributed by atoms with Crippen molar-refractivity contribution in [1.82, 2.24) is 4.98 Å². The SMILES string of the molecule is Cc1nc(-c2cc3ccccc3oc2=O)ccc1C(=O)/C=C/c1ccc([N+](=O)[O-])cc1. The quantitative estimate of drug-likeness (QED) is 0.151. The number of para-hydroxylation sites is 1. The number of nitrogens with zero attached hydrogens (tertiary/aromatic N) is 2. The van der Waals surface area contributed by atoms with Gasteiger partial charge < -0.3 is 4.42 Å². The van der Waals surface area contributed by atoms with Gasteiger partial charge in [-0.2, -0.15) is 0 Å². The molecule has 0 unspecified atom stereocenters. The molecule has 0 bridgehead atoms. The van der Waals surface area contributed by atoms with E-state index >= 15 is 0 Å². The van der Waals surface area contributed by atoms with Gasteiger partial charge in [0.2, 0.25) is 0 Å². The molecular formula is C24H16N2O5. The summed E-state index contributed by atoms with van der Waals surface area (Å²) in [4.78, 5) is 39.6. The Labute approximate surface area is 176 Å². The molecule has 4 rings (SSSR count). The molecule has 2 aromatic carbocycles. The van der Waals surface area contributed by atoms with Crippen molar-refractivity contribution in [1.29, 1.82) is 0 Å². The smallest absolute Gasteiger partial charge is 0.345 e. The number of hydrogen-bond donors (Lipinski definition) is 0.